The number of amides is 1. The van der Waals surface area contributed by atoms with Crippen LogP contribution in [0.5, 0.6) is 5.75 Å². The molecule has 5 nitrogen and oxygen atoms in total. The van der Waals surface area contributed by atoms with E-state index in [0.717, 1.165) is 11.1 Å². The second-order valence-electron chi connectivity index (χ2n) is 5.30. The quantitative estimate of drug-likeness (QED) is 0.812. The molecule has 2 rings (SSSR count). The maximum absolute atomic E-state index is 11.8. The summed E-state index contributed by atoms with van der Waals surface area (Å²) in [6.07, 6.45) is 0. The molecule has 0 aliphatic rings. The first kappa shape index (κ1) is 17.8. The molecular weight excluding hydrogens is 330 g/mol. The number of ether oxygens (including phenoxy) is 2. The Morgan fingerprint density at radius 2 is 1.79 bits per heavy atom. The number of nitrogens with one attached hydrogen (secondary N) is 1. The zero-order valence-corrected chi connectivity index (χ0v) is 14.2. The van der Waals surface area contributed by atoms with Gasteiger partial charge in [0.05, 0.1) is 10.7 Å². The third kappa shape index (κ3) is 5.59. The van der Waals surface area contributed by atoms with Gasteiger partial charge < -0.3 is 14.8 Å². The summed E-state index contributed by atoms with van der Waals surface area (Å²) in [5, 5.41) is 3.01. The third-order valence-corrected chi connectivity index (χ3v) is 3.42. The normalized spacial score (nSPS) is 10.1. The molecule has 1 amide bonds. The van der Waals surface area contributed by atoms with Crippen molar-refractivity contribution in [1.29, 1.82) is 0 Å². The second-order valence-corrected chi connectivity index (χ2v) is 5.70. The van der Waals surface area contributed by atoms with Crippen molar-refractivity contribution < 1.29 is 19.1 Å². The maximum atomic E-state index is 11.8. The number of halogens is 1. The van der Waals surface area contributed by atoms with E-state index in [1.165, 1.54) is 0 Å². The zero-order chi connectivity index (χ0) is 17.5. The minimum Gasteiger partial charge on any atom is -0.482 e. The van der Waals surface area contributed by atoms with Crippen LogP contribution >= 0.6 is 11.6 Å². The lowest BCUT2D eigenvalue weighted by atomic mass is 10.2. The van der Waals surface area contributed by atoms with Crippen molar-refractivity contribution in [2.24, 2.45) is 0 Å². The summed E-state index contributed by atoms with van der Waals surface area (Å²) in [7, 11) is 0. The summed E-state index contributed by atoms with van der Waals surface area (Å²) in [5.41, 5.74) is 2.48. The van der Waals surface area contributed by atoms with Gasteiger partial charge in [-0.1, -0.05) is 29.8 Å². The topological polar surface area (TPSA) is 64.6 Å². The van der Waals surface area contributed by atoms with Crippen molar-refractivity contribution in [3.05, 3.63) is 58.6 Å². The van der Waals surface area contributed by atoms with E-state index >= 15 is 0 Å². The van der Waals surface area contributed by atoms with Crippen molar-refractivity contribution >= 4 is 29.2 Å². The van der Waals surface area contributed by atoms with E-state index in [0.29, 0.717) is 16.5 Å². The van der Waals surface area contributed by atoms with E-state index in [9.17, 15) is 9.59 Å². The van der Waals surface area contributed by atoms with Crippen LogP contribution in [0.2, 0.25) is 5.02 Å². The number of hydrogen-bond donors (Lipinski definition) is 1. The molecule has 6 heteroatoms. The molecule has 0 saturated carbocycles. The van der Waals surface area contributed by atoms with Gasteiger partial charge in [0.25, 0.3) is 5.91 Å². The minimum atomic E-state index is -0.623. The first-order chi connectivity index (χ1) is 11.4. The first-order valence-corrected chi connectivity index (χ1v) is 7.73. The Labute approximate surface area is 145 Å². The lowest BCUT2D eigenvalue weighted by molar-refractivity contribution is -0.149. The third-order valence-electron chi connectivity index (χ3n) is 3.11. The molecule has 0 fully saturated rings. The molecule has 1 N–H and O–H groups in total. The number of benzene rings is 2. The van der Waals surface area contributed by atoms with Gasteiger partial charge in [-0.2, -0.15) is 0 Å². The largest absolute Gasteiger partial charge is 0.482 e. The standard InChI is InChI=1S/C18H18ClNO4/c1-12-4-3-5-14(8-12)23-11-18(22)24-10-17(21)20-16-7-6-13(2)9-15(16)19/h3-9H,10-11H2,1-2H3,(H,20,21). The fraction of sp³-hybridized carbons (Fsp3) is 0.222. The number of anilines is 1. The Hall–Kier alpha value is -2.53. The fourth-order valence-corrected chi connectivity index (χ4v) is 2.23. The average Bonchev–Trinajstić information content (AvgIpc) is 2.54. The van der Waals surface area contributed by atoms with E-state index in [4.69, 9.17) is 21.1 Å². The highest BCUT2D eigenvalue weighted by Gasteiger charge is 2.10. The van der Waals surface area contributed by atoms with Crippen LogP contribution < -0.4 is 10.1 Å². The molecule has 24 heavy (non-hydrogen) atoms. The van der Waals surface area contributed by atoms with Gasteiger partial charge in [0.1, 0.15) is 5.75 Å². The molecule has 0 bridgehead atoms. The van der Waals surface area contributed by atoms with E-state index in [2.05, 4.69) is 5.32 Å². The van der Waals surface area contributed by atoms with Crippen LogP contribution in [0.3, 0.4) is 0 Å². The van der Waals surface area contributed by atoms with Gasteiger partial charge in [0.2, 0.25) is 0 Å². The number of carbonyl (C=O) groups is 2. The monoisotopic (exact) mass is 347 g/mol. The van der Waals surface area contributed by atoms with E-state index in [-0.39, 0.29) is 6.61 Å². The summed E-state index contributed by atoms with van der Waals surface area (Å²) in [6, 6.07) is 12.5. The molecule has 0 spiro atoms. The molecule has 0 unspecified atom stereocenters. The van der Waals surface area contributed by atoms with E-state index in [1.807, 2.05) is 32.0 Å². The molecule has 2 aromatic carbocycles. The lowest BCUT2D eigenvalue weighted by Crippen LogP contribution is -2.23. The molecule has 0 aliphatic heterocycles. The highest BCUT2D eigenvalue weighted by Crippen LogP contribution is 2.22. The lowest BCUT2D eigenvalue weighted by Gasteiger charge is -2.09. The van der Waals surface area contributed by atoms with Crippen molar-refractivity contribution in [2.75, 3.05) is 18.5 Å². The van der Waals surface area contributed by atoms with Gasteiger partial charge in [-0.05, 0) is 49.2 Å². The van der Waals surface area contributed by atoms with Gasteiger partial charge in [-0.25, -0.2) is 4.79 Å². The van der Waals surface area contributed by atoms with Gasteiger partial charge in [-0.3, -0.25) is 4.79 Å². The Balaban J connectivity index is 1.75. The number of hydrogen-bond acceptors (Lipinski definition) is 4. The van der Waals surface area contributed by atoms with Crippen molar-refractivity contribution in [3.63, 3.8) is 0 Å². The number of aryl methyl sites for hydroxylation is 2. The first-order valence-electron chi connectivity index (χ1n) is 7.35. The van der Waals surface area contributed by atoms with Crippen molar-refractivity contribution in [1.82, 2.24) is 0 Å². The van der Waals surface area contributed by atoms with Crippen LogP contribution in [0, 0.1) is 13.8 Å². The maximum Gasteiger partial charge on any atom is 0.344 e. The minimum absolute atomic E-state index is 0.262. The number of rotatable bonds is 6. The molecule has 2 aromatic rings. The Bertz CT molecular complexity index is 746. The smallest absolute Gasteiger partial charge is 0.344 e. The van der Waals surface area contributed by atoms with Gasteiger partial charge >= 0.3 is 5.97 Å². The molecule has 0 aliphatic carbocycles. The van der Waals surface area contributed by atoms with E-state index < -0.39 is 18.5 Å². The fourth-order valence-electron chi connectivity index (χ4n) is 1.94. The Kier molecular flexibility index (Phi) is 6.21. The van der Waals surface area contributed by atoms with Crippen LogP contribution in [-0.2, 0) is 14.3 Å². The molecule has 0 heterocycles. The van der Waals surface area contributed by atoms with Gasteiger partial charge in [0, 0.05) is 0 Å². The molecule has 0 radical (unpaired) electrons. The van der Waals surface area contributed by atoms with Crippen LogP contribution in [-0.4, -0.2) is 25.1 Å². The summed E-state index contributed by atoms with van der Waals surface area (Å²) in [6.45, 7) is 3.15. The van der Waals surface area contributed by atoms with Crippen LogP contribution in [0.4, 0.5) is 5.69 Å². The average molecular weight is 348 g/mol. The highest BCUT2D eigenvalue weighted by molar-refractivity contribution is 6.33. The van der Waals surface area contributed by atoms with Crippen molar-refractivity contribution in [2.45, 2.75) is 13.8 Å². The van der Waals surface area contributed by atoms with Crippen LogP contribution in [0.25, 0.3) is 0 Å². The summed E-state index contributed by atoms with van der Waals surface area (Å²) >= 11 is 6.02. The summed E-state index contributed by atoms with van der Waals surface area (Å²) in [5.74, 6) is -0.519. The Morgan fingerprint density at radius 1 is 1.04 bits per heavy atom. The predicted molar refractivity (Wildman–Crippen MR) is 92.5 cm³/mol. The molecule has 0 atom stereocenters. The van der Waals surface area contributed by atoms with E-state index in [1.54, 1.807) is 24.3 Å². The summed E-state index contributed by atoms with van der Waals surface area (Å²) in [4.78, 5) is 23.4. The second kappa shape index (κ2) is 8.36. The SMILES string of the molecule is Cc1cccc(OCC(=O)OCC(=O)Nc2ccc(C)cc2Cl)c1. The molecular formula is C18H18ClNO4. The zero-order valence-electron chi connectivity index (χ0n) is 13.5. The van der Waals surface area contributed by atoms with Crippen molar-refractivity contribution in [3.8, 4) is 5.75 Å². The number of esters is 1. The predicted octanol–water partition coefficient (Wildman–Crippen LogP) is 3.52. The van der Waals surface area contributed by atoms with Gasteiger partial charge in [-0.15, -0.1) is 0 Å². The molecule has 126 valence electrons. The highest BCUT2D eigenvalue weighted by atomic mass is 35.5. The molecule has 0 saturated heterocycles. The number of carbonyl (C=O) groups excluding carboxylic acids is 2. The molecule has 0 aromatic heterocycles. The van der Waals surface area contributed by atoms with Crippen LogP contribution in [0.1, 0.15) is 11.1 Å². The van der Waals surface area contributed by atoms with Crippen LogP contribution in [0.15, 0.2) is 42.5 Å². The summed E-state index contributed by atoms with van der Waals surface area (Å²) < 4.78 is 10.2. The Morgan fingerprint density at radius 3 is 2.50 bits per heavy atom. The van der Waals surface area contributed by atoms with Gasteiger partial charge in [0.15, 0.2) is 13.2 Å².